The minimum Gasteiger partial charge on any atom is -0.371 e. The summed E-state index contributed by atoms with van der Waals surface area (Å²) in [5, 5.41) is 6.44. The third-order valence-electron chi connectivity index (χ3n) is 2.75. The molecule has 1 N–H and O–H groups in total. The standard InChI is InChI=1S/C11H16N2S2/c1-8-7-15-11(12-8)10(14)13-9-5-3-2-4-6-9/h7,9H,2-6H2,1H3,(H,13,14). The van der Waals surface area contributed by atoms with Crippen LogP contribution in [0.2, 0.25) is 0 Å². The Balaban J connectivity index is 1.91. The van der Waals surface area contributed by atoms with Crippen molar-refractivity contribution in [1.82, 2.24) is 10.3 Å². The molecule has 1 heterocycles. The number of nitrogens with one attached hydrogen (secondary N) is 1. The predicted octanol–water partition coefficient (Wildman–Crippen LogP) is 3.05. The first-order valence-corrected chi connectivity index (χ1v) is 6.77. The summed E-state index contributed by atoms with van der Waals surface area (Å²) in [5.41, 5.74) is 1.06. The van der Waals surface area contributed by atoms with E-state index in [4.69, 9.17) is 12.2 Å². The zero-order chi connectivity index (χ0) is 10.7. The van der Waals surface area contributed by atoms with Gasteiger partial charge in [0.1, 0.15) is 4.99 Å². The number of hydrogen-bond acceptors (Lipinski definition) is 3. The van der Waals surface area contributed by atoms with Crippen LogP contribution in [0.1, 0.15) is 42.8 Å². The van der Waals surface area contributed by atoms with E-state index >= 15 is 0 Å². The quantitative estimate of drug-likeness (QED) is 0.804. The zero-order valence-electron chi connectivity index (χ0n) is 8.95. The summed E-state index contributed by atoms with van der Waals surface area (Å²) in [6, 6.07) is 0.579. The van der Waals surface area contributed by atoms with Gasteiger partial charge < -0.3 is 5.32 Å². The molecule has 15 heavy (non-hydrogen) atoms. The van der Waals surface area contributed by atoms with Crippen LogP contribution in [0.3, 0.4) is 0 Å². The van der Waals surface area contributed by atoms with Gasteiger partial charge in [0.15, 0.2) is 5.01 Å². The molecule has 1 aromatic heterocycles. The first-order valence-electron chi connectivity index (χ1n) is 5.49. The van der Waals surface area contributed by atoms with Gasteiger partial charge in [-0.25, -0.2) is 4.98 Å². The Bertz CT molecular complexity index is 340. The van der Waals surface area contributed by atoms with Crippen molar-refractivity contribution in [2.45, 2.75) is 45.1 Å². The Morgan fingerprint density at radius 2 is 2.20 bits per heavy atom. The fourth-order valence-electron chi connectivity index (χ4n) is 1.95. The van der Waals surface area contributed by atoms with Crippen molar-refractivity contribution in [3.05, 3.63) is 16.1 Å². The van der Waals surface area contributed by atoms with E-state index < -0.39 is 0 Å². The number of hydrogen-bond donors (Lipinski definition) is 1. The van der Waals surface area contributed by atoms with Gasteiger partial charge in [-0.15, -0.1) is 11.3 Å². The molecule has 0 atom stereocenters. The van der Waals surface area contributed by atoms with Gasteiger partial charge in [-0.3, -0.25) is 0 Å². The molecule has 0 amide bonds. The molecular formula is C11H16N2S2. The van der Waals surface area contributed by atoms with E-state index in [2.05, 4.69) is 10.3 Å². The van der Waals surface area contributed by atoms with Crippen LogP contribution < -0.4 is 5.32 Å². The first-order chi connectivity index (χ1) is 7.25. The summed E-state index contributed by atoms with van der Waals surface area (Å²) >= 11 is 6.98. The number of thiazole rings is 1. The van der Waals surface area contributed by atoms with Crippen molar-refractivity contribution in [3.63, 3.8) is 0 Å². The summed E-state index contributed by atoms with van der Waals surface area (Å²) in [6.45, 7) is 2.00. The predicted molar refractivity (Wildman–Crippen MR) is 68.6 cm³/mol. The maximum absolute atomic E-state index is 5.35. The zero-order valence-corrected chi connectivity index (χ0v) is 10.6. The topological polar surface area (TPSA) is 24.9 Å². The van der Waals surface area contributed by atoms with Gasteiger partial charge in [-0.2, -0.15) is 0 Å². The smallest absolute Gasteiger partial charge is 0.150 e. The van der Waals surface area contributed by atoms with E-state index in [0.717, 1.165) is 15.7 Å². The highest BCUT2D eigenvalue weighted by molar-refractivity contribution is 7.81. The Morgan fingerprint density at radius 3 is 2.80 bits per heavy atom. The maximum Gasteiger partial charge on any atom is 0.150 e. The molecule has 1 saturated carbocycles. The Hall–Kier alpha value is -0.480. The molecule has 0 radical (unpaired) electrons. The van der Waals surface area contributed by atoms with E-state index in [1.165, 1.54) is 32.1 Å². The lowest BCUT2D eigenvalue weighted by molar-refractivity contribution is 0.415. The second kappa shape index (κ2) is 5.03. The molecule has 1 fully saturated rings. The maximum atomic E-state index is 5.35. The second-order valence-electron chi connectivity index (χ2n) is 4.10. The highest BCUT2D eigenvalue weighted by Crippen LogP contribution is 2.18. The molecule has 0 aromatic carbocycles. The molecule has 4 heteroatoms. The Morgan fingerprint density at radius 1 is 1.47 bits per heavy atom. The van der Waals surface area contributed by atoms with Crippen LogP contribution in [-0.4, -0.2) is 16.0 Å². The van der Waals surface area contributed by atoms with E-state index in [0.29, 0.717) is 6.04 Å². The van der Waals surface area contributed by atoms with Crippen molar-refractivity contribution >= 4 is 28.5 Å². The normalized spacial score (nSPS) is 17.7. The summed E-state index contributed by atoms with van der Waals surface area (Å²) in [6.07, 6.45) is 6.55. The van der Waals surface area contributed by atoms with Crippen molar-refractivity contribution in [1.29, 1.82) is 0 Å². The highest BCUT2D eigenvalue weighted by atomic mass is 32.1. The van der Waals surface area contributed by atoms with Crippen molar-refractivity contribution in [3.8, 4) is 0 Å². The average molecular weight is 240 g/mol. The average Bonchev–Trinajstić information content (AvgIpc) is 2.66. The molecular weight excluding hydrogens is 224 g/mol. The van der Waals surface area contributed by atoms with Gasteiger partial charge in [0.25, 0.3) is 0 Å². The van der Waals surface area contributed by atoms with E-state index in [1.54, 1.807) is 11.3 Å². The summed E-state index contributed by atoms with van der Waals surface area (Å²) in [5.74, 6) is 0. The van der Waals surface area contributed by atoms with Crippen LogP contribution in [0, 0.1) is 6.92 Å². The lowest BCUT2D eigenvalue weighted by atomic mass is 9.95. The monoisotopic (exact) mass is 240 g/mol. The molecule has 1 aliphatic rings. The fraction of sp³-hybridized carbons (Fsp3) is 0.636. The van der Waals surface area contributed by atoms with Gasteiger partial charge in [0, 0.05) is 17.1 Å². The number of aromatic nitrogens is 1. The minimum atomic E-state index is 0.579. The van der Waals surface area contributed by atoms with Crippen LogP contribution in [0.15, 0.2) is 5.38 Å². The number of nitrogens with zero attached hydrogens (tertiary/aromatic N) is 1. The van der Waals surface area contributed by atoms with Gasteiger partial charge >= 0.3 is 0 Å². The van der Waals surface area contributed by atoms with Crippen molar-refractivity contribution in [2.75, 3.05) is 0 Å². The molecule has 1 aliphatic carbocycles. The van der Waals surface area contributed by atoms with Crippen LogP contribution >= 0.6 is 23.6 Å². The minimum absolute atomic E-state index is 0.579. The molecule has 0 bridgehead atoms. The van der Waals surface area contributed by atoms with E-state index in [9.17, 15) is 0 Å². The van der Waals surface area contributed by atoms with Crippen LogP contribution in [-0.2, 0) is 0 Å². The molecule has 1 aromatic rings. The number of rotatable bonds is 2. The van der Waals surface area contributed by atoms with Crippen LogP contribution in [0.5, 0.6) is 0 Å². The highest BCUT2D eigenvalue weighted by Gasteiger charge is 2.15. The molecule has 2 nitrogen and oxygen atoms in total. The molecule has 2 rings (SSSR count). The van der Waals surface area contributed by atoms with Crippen molar-refractivity contribution in [2.24, 2.45) is 0 Å². The van der Waals surface area contributed by atoms with Crippen molar-refractivity contribution < 1.29 is 0 Å². The summed E-state index contributed by atoms with van der Waals surface area (Å²) in [4.78, 5) is 5.22. The van der Waals surface area contributed by atoms with Gasteiger partial charge in [0.05, 0.1) is 0 Å². The fourth-order valence-corrected chi connectivity index (χ4v) is 3.01. The van der Waals surface area contributed by atoms with Gasteiger partial charge in [-0.05, 0) is 19.8 Å². The molecule has 0 spiro atoms. The SMILES string of the molecule is Cc1csc(C(=S)NC2CCCCC2)n1. The summed E-state index contributed by atoms with van der Waals surface area (Å²) in [7, 11) is 0. The second-order valence-corrected chi connectivity index (χ2v) is 5.37. The van der Waals surface area contributed by atoms with Gasteiger partial charge in [-0.1, -0.05) is 31.5 Å². The molecule has 0 saturated heterocycles. The van der Waals surface area contributed by atoms with Crippen LogP contribution in [0.25, 0.3) is 0 Å². The summed E-state index contributed by atoms with van der Waals surface area (Å²) < 4.78 is 0. The molecule has 82 valence electrons. The van der Waals surface area contributed by atoms with E-state index in [-0.39, 0.29) is 0 Å². The molecule has 0 aliphatic heterocycles. The van der Waals surface area contributed by atoms with Crippen LogP contribution in [0.4, 0.5) is 0 Å². The lowest BCUT2D eigenvalue weighted by Gasteiger charge is -2.23. The Labute approximate surface area is 100 Å². The third kappa shape index (κ3) is 2.98. The third-order valence-corrected chi connectivity index (χ3v) is 4.17. The number of thiocarbonyl (C=S) groups is 1. The largest absolute Gasteiger partial charge is 0.371 e. The first kappa shape index (κ1) is 11.0. The number of aryl methyl sites for hydroxylation is 1. The van der Waals surface area contributed by atoms with E-state index in [1.807, 2.05) is 12.3 Å². The van der Waals surface area contributed by atoms with Gasteiger partial charge in [0.2, 0.25) is 0 Å². The lowest BCUT2D eigenvalue weighted by Crippen LogP contribution is -2.35. The Kier molecular flexibility index (Phi) is 3.70. The molecule has 0 unspecified atom stereocenters.